The average molecular weight is 481 g/mol. The van der Waals surface area contributed by atoms with Crippen molar-refractivity contribution >= 4 is 34.0 Å². The molecule has 0 bridgehead atoms. The molecule has 1 aromatic rings. The molecule has 0 fully saturated rings. The van der Waals surface area contributed by atoms with Crippen LogP contribution < -0.4 is 5.73 Å². The number of hydrogen-bond acceptors (Lipinski definition) is 7. The molecule has 0 aromatic carbocycles. The Labute approximate surface area is 197 Å². The van der Waals surface area contributed by atoms with E-state index >= 15 is 0 Å². The van der Waals surface area contributed by atoms with Crippen LogP contribution in [0.3, 0.4) is 0 Å². The number of aromatic nitrogens is 1. The molecule has 0 unspecified atom stereocenters. The molecule has 0 atom stereocenters. The fraction of sp³-hybridized carbons (Fsp3) is 0.773. The highest BCUT2D eigenvalue weighted by Crippen LogP contribution is 2.29. The zero-order valence-corrected chi connectivity index (χ0v) is 20.8. The second kappa shape index (κ2) is 25.2. The van der Waals surface area contributed by atoms with E-state index in [9.17, 15) is 0 Å². The number of hydrogen-bond donors (Lipinski definition) is 1. The fourth-order valence-electron chi connectivity index (χ4n) is 2.73. The standard InChI is InChI=1S/C22H40N2O3S2.ClH/c23-13-16-26-18-20-27-19-17-25-15-10-6-4-2-1-3-5-7-11-21-28-29-22-12-8-9-14-24-22;/h8-9,12,14H,1-7,10-11,13,15-21,23H2;1H. The number of nitrogens with two attached hydrogens (primary N) is 1. The highest BCUT2D eigenvalue weighted by Gasteiger charge is 1.97. The normalized spacial score (nSPS) is 10.8. The van der Waals surface area contributed by atoms with Crippen LogP contribution in [-0.4, -0.2) is 56.9 Å². The van der Waals surface area contributed by atoms with Crippen LogP contribution in [0.25, 0.3) is 0 Å². The third-order valence-corrected chi connectivity index (χ3v) is 6.66. The van der Waals surface area contributed by atoms with Gasteiger partial charge in [0, 0.05) is 25.1 Å². The summed E-state index contributed by atoms with van der Waals surface area (Å²) in [6.45, 7) is 4.57. The van der Waals surface area contributed by atoms with Crippen LogP contribution in [0.1, 0.15) is 57.8 Å². The van der Waals surface area contributed by atoms with Crippen LogP contribution in [0, 0.1) is 0 Å². The lowest BCUT2D eigenvalue weighted by Crippen LogP contribution is -2.13. The summed E-state index contributed by atoms with van der Waals surface area (Å²) in [4.78, 5) is 4.32. The predicted octanol–water partition coefficient (Wildman–Crippen LogP) is 5.76. The SMILES string of the molecule is Cl.NCCOCCOCCOCCCCCCCCCCCSSc1ccccn1. The van der Waals surface area contributed by atoms with Gasteiger partial charge in [-0.2, -0.15) is 0 Å². The Balaban J connectivity index is 0.00000841. The Kier molecular flexibility index (Phi) is 25.2. The number of nitrogens with zero attached hydrogens (tertiary/aromatic N) is 1. The maximum Gasteiger partial charge on any atom is 0.106 e. The summed E-state index contributed by atoms with van der Waals surface area (Å²) < 4.78 is 16.2. The van der Waals surface area contributed by atoms with Crippen molar-refractivity contribution in [1.82, 2.24) is 4.98 Å². The van der Waals surface area contributed by atoms with E-state index in [0.29, 0.717) is 39.6 Å². The van der Waals surface area contributed by atoms with Crippen molar-refractivity contribution in [3.8, 4) is 0 Å². The molecule has 8 heteroatoms. The lowest BCUT2D eigenvalue weighted by molar-refractivity contribution is 0.0153. The Hall–Kier alpha value is -0.0200. The van der Waals surface area contributed by atoms with Gasteiger partial charge < -0.3 is 19.9 Å². The number of unbranched alkanes of at least 4 members (excludes halogenated alkanes) is 8. The summed E-state index contributed by atoms with van der Waals surface area (Å²) in [6, 6.07) is 6.08. The van der Waals surface area contributed by atoms with Crippen LogP contribution in [0.2, 0.25) is 0 Å². The summed E-state index contributed by atoms with van der Waals surface area (Å²) in [7, 11) is 3.71. The Morgan fingerprint density at radius 3 is 1.87 bits per heavy atom. The zero-order chi connectivity index (χ0) is 20.7. The summed E-state index contributed by atoms with van der Waals surface area (Å²) >= 11 is 0. The van der Waals surface area contributed by atoms with Gasteiger partial charge in [-0.15, -0.1) is 12.4 Å². The second-order valence-corrected chi connectivity index (χ2v) is 9.32. The van der Waals surface area contributed by atoms with Crippen molar-refractivity contribution < 1.29 is 14.2 Å². The topological polar surface area (TPSA) is 66.6 Å². The Bertz CT molecular complexity index is 448. The molecule has 5 nitrogen and oxygen atoms in total. The van der Waals surface area contributed by atoms with Gasteiger partial charge >= 0.3 is 0 Å². The summed E-state index contributed by atoms with van der Waals surface area (Å²) in [5, 5.41) is 1.11. The summed E-state index contributed by atoms with van der Waals surface area (Å²) in [5.41, 5.74) is 5.34. The molecule has 176 valence electrons. The number of pyridine rings is 1. The van der Waals surface area contributed by atoms with E-state index in [0.717, 1.165) is 18.1 Å². The van der Waals surface area contributed by atoms with Gasteiger partial charge in [-0.3, -0.25) is 0 Å². The molecule has 0 spiro atoms. The van der Waals surface area contributed by atoms with Crippen molar-refractivity contribution in [2.75, 3.05) is 51.9 Å². The first kappa shape index (κ1) is 30.0. The first-order chi connectivity index (χ1) is 14.4. The van der Waals surface area contributed by atoms with Crippen molar-refractivity contribution in [1.29, 1.82) is 0 Å². The van der Waals surface area contributed by atoms with Crippen LogP contribution in [0.5, 0.6) is 0 Å². The van der Waals surface area contributed by atoms with E-state index in [2.05, 4.69) is 11.1 Å². The molecule has 2 N–H and O–H groups in total. The van der Waals surface area contributed by atoms with E-state index in [1.807, 2.05) is 29.1 Å². The molecule has 1 aromatic heterocycles. The first-order valence-corrected chi connectivity index (χ1v) is 13.4. The van der Waals surface area contributed by atoms with Crippen molar-refractivity contribution in [2.45, 2.75) is 62.8 Å². The molecule has 0 amide bonds. The van der Waals surface area contributed by atoms with Crippen LogP contribution in [0.15, 0.2) is 29.4 Å². The molecular weight excluding hydrogens is 440 g/mol. The molecule has 0 aliphatic heterocycles. The number of ether oxygens (including phenoxy) is 3. The highest BCUT2D eigenvalue weighted by atomic mass is 35.5. The Morgan fingerprint density at radius 1 is 0.700 bits per heavy atom. The van der Waals surface area contributed by atoms with Gasteiger partial charge in [0.2, 0.25) is 0 Å². The lowest BCUT2D eigenvalue weighted by atomic mass is 10.1. The predicted molar refractivity (Wildman–Crippen MR) is 133 cm³/mol. The molecule has 0 radical (unpaired) electrons. The minimum atomic E-state index is 0. The van der Waals surface area contributed by atoms with Gasteiger partial charge in [-0.25, -0.2) is 4.98 Å². The van der Waals surface area contributed by atoms with E-state index in [-0.39, 0.29) is 12.4 Å². The summed E-state index contributed by atoms with van der Waals surface area (Å²) in [6.07, 6.45) is 13.8. The van der Waals surface area contributed by atoms with E-state index in [1.54, 1.807) is 10.8 Å². The maximum absolute atomic E-state index is 5.59. The zero-order valence-electron chi connectivity index (χ0n) is 18.3. The van der Waals surface area contributed by atoms with Crippen molar-refractivity contribution in [2.24, 2.45) is 5.73 Å². The van der Waals surface area contributed by atoms with E-state index in [1.165, 1.54) is 57.1 Å². The van der Waals surface area contributed by atoms with Gasteiger partial charge in [0.25, 0.3) is 0 Å². The van der Waals surface area contributed by atoms with Crippen LogP contribution in [0.4, 0.5) is 0 Å². The van der Waals surface area contributed by atoms with E-state index < -0.39 is 0 Å². The monoisotopic (exact) mass is 480 g/mol. The van der Waals surface area contributed by atoms with Crippen molar-refractivity contribution in [3.63, 3.8) is 0 Å². The van der Waals surface area contributed by atoms with E-state index in [4.69, 9.17) is 19.9 Å². The molecule has 30 heavy (non-hydrogen) atoms. The number of rotatable bonds is 22. The van der Waals surface area contributed by atoms with Gasteiger partial charge in [0.15, 0.2) is 0 Å². The molecule has 1 heterocycles. The lowest BCUT2D eigenvalue weighted by Gasteiger charge is -2.06. The fourth-order valence-corrected chi connectivity index (χ4v) is 4.75. The van der Waals surface area contributed by atoms with Crippen LogP contribution in [-0.2, 0) is 14.2 Å². The molecular formula is C22H41ClN2O3S2. The molecule has 0 saturated heterocycles. The minimum absolute atomic E-state index is 0. The smallest absolute Gasteiger partial charge is 0.106 e. The average Bonchev–Trinajstić information content (AvgIpc) is 2.75. The molecule has 0 saturated carbocycles. The summed E-state index contributed by atoms with van der Waals surface area (Å²) in [5.74, 6) is 1.22. The molecule has 1 rings (SSSR count). The van der Waals surface area contributed by atoms with Gasteiger partial charge in [-0.05, 0) is 35.8 Å². The largest absolute Gasteiger partial charge is 0.379 e. The highest BCUT2D eigenvalue weighted by molar-refractivity contribution is 8.76. The second-order valence-electron chi connectivity index (χ2n) is 6.88. The van der Waals surface area contributed by atoms with Gasteiger partial charge in [0.05, 0.1) is 33.0 Å². The molecule has 0 aliphatic carbocycles. The first-order valence-electron chi connectivity index (χ1n) is 11.1. The van der Waals surface area contributed by atoms with Gasteiger partial charge in [-0.1, -0.05) is 61.8 Å². The third-order valence-electron chi connectivity index (χ3n) is 4.30. The maximum atomic E-state index is 5.59. The van der Waals surface area contributed by atoms with Crippen molar-refractivity contribution in [3.05, 3.63) is 24.4 Å². The number of halogens is 1. The van der Waals surface area contributed by atoms with Crippen LogP contribution >= 0.6 is 34.0 Å². The third kappa shape index (κ3) is 21.2. The minimum Gasteiger partial charge on any atom is -0.379 e. The quantitative estimate of drug-likeness (QED) is 0.167. The molecule has 0 aliphatic rings. The Morgan fingerprint density at radius 2 is 1.27 bits per heavy atom. The van der Waals surface area contributed by atoms with Gasteiger partial charge in [0.1, 0.15) is 5.03 Å².